The van der Waals surface area contributed by atoms with Gasteiger partial charge in [0.25, 0.3) is 5.91 Å². The molecule has 1 atom stereocenters. The summed E-state index contributed by atoms with van der Waals surface area (Å²) in [5.41, 5.74) is 4.62. The standard InChI is InChI=1S/C20H30N6O/c1-13(11-17-15(3)24-25(5)16(17)4)22-19(27)18-12-21-20(23-14(18)2)26-9-7-6-8-10-26/h12-13H,6-11H2,1-5H3,(H,22,27)/t13-/m0/s1. The molecule has 2 aromatic rings. The maximum Gasteiger partial charge on any atom is 0.254 e. The van der Waals surface area contributed by atoms with Gasteiger partial charge in [-0.2, -0.15) is 5.10 Å². The van der Waals surface area contributed by atoms with E-state index in [1.165, 1.54) is 24.8 Å². The lowest BCUT2D eigenvalue weighted by Gasteiger charge is -2.27. The molecule has 7 heteroatoms. The number of rotatable bonds is 5. The summed E-state index contributed by atoms with van der Waals surface area (Å²) in [4.78, 5) is 23.9. The molecule has 0 unspecified atom stereocenters. The molecule has 0 spiro atoms. The largest absolute Gasteiger partial charge is 0.349 e. The molecule has 7 nitrogen and oxygen atoms in total. The molecule has 3 heterocycles. The summed E-state index contributed by atoms with van der Waals surface area (Å²) in [6.07, 6.45) is 6.03. The Kier molecular flexibility index (Phi) is 5.77. The van der Waals surface area contributed by atoms with Crippen LogP contribution in [-0.2, 0) is 13.5 Å². The second-order valence-electron chi connectivity index (χ2n) is 7.57. The van der Waals surface area contributed by atoms with E-state index in [0.29, 0.717) is 5.56 Å². The van der Waals surface area contributed by atoms with Crippen LogP contribution in [0, 0.1) is 20.8 Å². The fourth-order valence-corrected chi connectivity index (χ4v) is 3.70. The zero-order chi connectivity index (χ0) is 19.6. The Bertz CT molecular complexity index is 822. The summed E-state index contributed by atoms with van der Waals surface area (Å²) >= 11 is 0. The fourth-order valence-electron chi connectivity index (χ4n) is 3.70. The van der Waals surface area contributed by atoms with E-state index in [0.717, 1.165) is 42.5 Å². The molecule has 0 radical (unpaired) electrons. The number of carbonyl (C=O) groups excluding carboxylic acids is 1. The van der Waals surface area contributed by atoms with Crippen molar-refractivity contribution in [3.05, 3.63) is 34.4 Å². The molecule has 0 bridgehead atoms. The quantitative estimate of drug-likeness (QED) is 0.875. The maximum absolute atomic E-state index is 12.7. The monoisotopic (exact) mass is 370 g/mol. The average Bonchev–Trinajstić information content (AvgIpc) is 2.88. The summed E-state index contributed by atoms with van der Waals surface area (Å²) in [6, 6.07) is 0.000251. The lowest BCUT2D eigenvalue weighted by molar-refractivity contribution is 0.0938. The first-order valence-electron chi connectivity index (χ1n) is 9.75. The highest BCUT2D eigenvalue weighted by Gasteiger charge is 2.19. The van der Waals surface area contributed by atoms with Crippen LogP contribution in [0.25, 0.3) is 0 Å². The van der Waals surface area contributed by atoms with E-state index in [4.69, 9.17) is 0 Å². The summed E-state index contributed by atoms with van der Waals surface area (Å²) in [5.74, 6) is 0.614. The predicted octanol–water partition coefficient (Wildman–Crippen LogP) is 2.49. The van der Waals surface area contributed by atoms with E-state index in [-0.39, 0.29) is 11.9 Å². The predicted molar refractivity (Wildman–Crippen MR) is 106 cm³/mol. The molecule has 2 aromatic heterocycles. The molecule has 3 rings (SSSR count). The van der Waals surface area contributed by atoms with Gasteiger partial charge in [0.1, 0.15) is 0 Å². The van der Waals surface area contributed by atoms with Crippen LogP contribution in [0.2, 0.25) is 0 Å². The Hall–Kier alpha value is -2.44. The number of nitrogens with zero attached hydrogens (tertiary/aromatic N) is 5. The van der Waals surface area contributed by atoms with Gasteiger partial charge in [0.05, 0.1) is 17.0 Å². The molecule has 1 saturated heterocycles. The third-order valence-electron chi connectivity index (χ3n) is 5.40. The van der Waals surface area contributed by atoms with Gasteiger partial charge < -0.3 is 10.2 Å². The van der Waals surface area contributed by atoms with E-state index in [1.807, 2.05) is 32.5 Å². The molecule has 1 fully saturated rings. The molecule has 0 saturated carbocycles. The first kappa shape index (κ1) is 19.3. The van der Waals surface area contributed by atoms with Gasteiger partial charge in [0.2, 0.25) is 5.95 Å². The molecule has 0 aliphatic carbocycles. The molecule has 1 N–H and O–H groups in total. The lowest BCUT2D eigenvalue weighted by atomic mass is 10.0. The molecule has 1 aliphatic rings. The smallest absolute Gasteiger partial charge is 0.254 e. The van der Waals surface area contributed by atoms with Gasteiger partial charge in [-0.3, -0.25) is 9.48 Å². The number of hydrogen-bond acceptors (Lipinski definition) is 5. The van der Waals surface area contributed by atoms with E-state index < -0.39 is 0 Å². The number of aromatic nitrogens is 4. The number of hydrogen-bond donors (Lipinski definition) is 1. The zero-order valence-corrected chi connectivity index (χ0v) is 17.0. The van der Waals surface area contributed by atoms with E-state index in [2.05, 4.69) is 32.2 Å². The minimum Gasteiger partial charge on any atom is -0.349 e. The van der Waals surface area contributed by atoms with Crippen LogP contribution >= 0.6 is 0 Å². The molecule has 27 heavy (non-hydrogen) atoms. The Morgan fingerprint density at radius 1 is 1.19 bits per heavy atom. The topological polar surface area (TPSA) is 75.9 Å². The highest BCUT2D eigenvalue weighted by Crippen LogP contribution is 2.18. The van der Waals surface area contributed by atoms with Crippen molar-refractivity contribution < 1.29 is 4.79 Å². The number of anilines is 1. The Balaban J connectivity index is 1.66. The van der Waals surface area contributed by atoms with Crippen LogP contribution in [0.5, 0.6) is 0 Å². The van der Waals surface area contributed by atoms with Crippen LogP contribution in [0.3, 0.4) is 0 Å². The third kappa shape index (κ3) is 4.28. The average molecular weight is 371 g/mol. The number of aryl methyl sites for hydroxylation is 3. The number of carbonyl (C=O) groups is 1. The fraction of sp³-hybridized carbons (Fsp3) is 0.600. The summed E-state index contributed by atoms with van der Waals surface area (Å²) < 4.78 is 1.89. The molecule has 146 valence electrons. The van der Waals surface area contributed by atoms with Crippen LogP contribution in [0.4, 0.5) is 5.95 Å². The summed E-state index contributed by atoms with van der Waals surface area (Å²) in [7, 11) is 1.94. The highest BCUT2D eigenvalue weighted by molar-refractivity contribution is 5.95. The van der Waals surface area contributed by atoms with Crippen molar-refractivity contribution in [3.63, 3.8) is 0 Å². The Labute approximate surface area is 161 Å². The van der Waals surface area contributed by atoms with Gasteiger partial charge in [-0.1, -0.05) is 0 Å². The van der Waals surface area contributed by atoms with Gasteiger partial charge in [0.15, 0.2) is 0 Å². The van der Waals surface area contributed by atoms with Crippen molar-refractivity contribution >= 4 is 11.9 Å². The minimum absolute atomic E-state index is 0.000251. The maximum atomic E-state index is 12.7. The molecular formula is C20H30N6O. The number of amides is 1. The molecule has 1 amide bonds. The van der Waals surface area contributed by atoms with Crippen molar-refractivity contribution in [1.82, 2.24) is 25.1 Å². The van der Waals surface area contributed by atoms with E-state index >= 15 is 0 Å². The number of nitrogens with one attached hydrogen (secondary N) is 1. The SMILES string of the molecule is Cc1nc(N2CCCCC2)ncc1C(=O)N[C@@H](C)Cc1c(C)nn(C)c1C. The van der Waals surface area contributed by atoms with Crippen LogP contribution in [0.15, 0.2) is 6.20 Å². The third-order valence-corrected chi connectivity index (χ3v) is 5.40. The zero-order valence-electron chi connectivity index (χ0n) is 17.0. The highest BCUT2D eigenvalue weighted by atomic mass is 16.1. The van der Waals surface area contributed by atoms with Crippen molar-refractivity contribution in [3.8, 4) is 0 Å². The first-order chi connectivity index (χ1) is 12.9. The molecule has 1 aliphatic heterocycles. The van der Waals surface area contributed by atoms with Crippen molar-refractivity contribution in [2.75, 3.05) is 18.0 Å². The lowest BCUT2D eigenvalue weighted by Crippen LogP contribution is -2.35. The summed E-state index contributed by atoms with van der Waals surface area (Å²) in [6.45, 7) is 9.94. The molecule has 0 aromatic carbocycles. The minimum atomic E-state index is -0.121. The van der Waals surface area contributed by atoms with E-state index in [9.17, 15) is 4.79 Å². The summed E-state index contributed by atoms with van der Waals surface area (Å²) in [5, 5.41) is 7.53. The van der Waals surface area contributed by atoms with Gasteiger partial charge in [-0.25, -0.2) is 9.97 Å². The van der Waals surface area contributed by atoms with Crippen molar-refractivity contribution in [1.29, 1.82) is 0 Å². The van der Waals surface area contributed by atoms with Gasteiger partial charge in [-0.05, 0) is 58.9 Å². The van der Waals surface area contributed by atoms with Crippen molar-refractivity contribution in [2.45, 2.75) is 59.4 Å². The normalized spacial score (nSPS) is 15.7. The second-order valence-corrected chi connectivity index (χ2v) is 7.57. The number of piperidine rings is 1. The van der Waals surface area contributed by atoms with Crippen LogP contribution < -0.4 is 10.2 Å². The Morgan fingerprint density at radius 2 is 1.89 bits per heavy atom. The Morgan fingerprint density at radius 3 is 2.48 bits per heavy atom. The van der Waals surface area contributed by atoms with Gasteiger partial charge in [-0.15, -0.1) is 0 Å². The van der Waals surface area contributed by atoms with Gasteiger partial charge >= 0.3 is 0 Å². The second kappa shape index (κ2) is 8.06. The van der Waals surface area contributed by atoms with Crippen LogP contribution in [0.1, 0.15) is 59.2 Å². The van der Waals surface area contributed by atoms with Crippen molar-refractivity contribution in [2.24, 2.45) is 7.05 Å². The van der Waals surface area contributed by atoms with E-state index in [1.54, 1.807) is 6.20 Å². The first-order valence-corrected chi connectivity index (χ1v) is 9.75. The van der Waals surface area contributed by atoms with Gasteiger partial charge in [0, 0.05) is 38.1 Å². The molecular weight excluding hydrogens is 340 g/mol. The van der Waals surface area contributed by atoms with Crippen LogP contribution in [-0.4, -0.2) is 44.8 Å².